The lowest BCUT2D eigenvalue weighted by atomic mass is 10.2. The van der Waals surface area contributed by atoms with Gasteiger partial charge in [0.25, 0.3) is 0 Å². The van der Waals surface area contributed by atoms with Gasteiger partial charge in [-0.2, -0.15) is 4.31 Å². The molecule has 1 aliphatic heterocycles. The maximum atomic E-state index is 12.7. The molecule has 7 heteroatoms. The SMILES string of the molecule is CCCN(C1CCNC1)S(=O)(=O)c1ccc(Cl)cc1.Cl. The zero-order valence-electron chi connectivity index (χ0n) is 11.4. The van der Waals surface area contributed by atoms with Gasteiger partial charge in [0.2, 0.25) is 10.0 Å². The first-order chi connectivity index (χ1) is 9.05. The Labute approximate surface area is 132 Å². The van der Waals surface area contributed by atoms with Crippen molar-refractivity contribution >= 4 is 34.0 Å². The summed E-state index contributed by atoms with van der Waals surface area (Å²) in [5.74, 6) is 0. The second-order valence-corrected chi connectivity index (χ2v) is 7.04. The minimum Gasteiger partial charge on any atom is -0.315 e. The summed E-state index contributed by atoms with van der Waals surface area (Å²) in [7, 11) is -3.43. The predicted octanol–water partition coefficient (Wildman–Crippen LogP) is 2.52. The highest BCUT2D eigenvalue weighted by Crippen LogP contribution is 2.22. The van der Waals surface area contributed by atoms with Crippen molar-refractivity contribution in [1.29, 1.82) is 0 Å². The van der Waals surface area contributed by atoms with Crippen LogP contribution in [0.4, 0.5) is 0 Å². The second-order valence-electron chi connectivity index (χ2n) is 4.72. The maximum Gasteiger partial charge on any atom is 0.243 e. The average molecular weight is 339 g/mol. The second kappa shape index (κ2) is 7.61. The fraction of sp³-hybridized carbons (Fsp3) is 0.538. The van der Waals surface area contributed by atoms with E-state index in [1.807, 2.05) is 6.92 Å². The maximum absolute atomic E-state index is 12.7. The lowest BCUT2D eigenvalue weighted by Crippen LogP contribution is -2.41. The molecule has 1 aromatic carbocycles. The minimum atomic E-state index is -3.43. The predicted molar refractivity (Wildman–Crippen MR) is 84.2 cm³/mol. The van der Waals surface area contributed by atoms with Gasteiger partial charge >= 0.3 is 0 Å². The third kappa shape index (κ3) is 3.86. The van der Waals surface area contributed by atoms with Gasteiger partial charge in [-0.1, -0.05) is 18.5 Å². The Bertz CT molecular complexity index is 514. The van der Waals surface area contributed by atoms with Crippen molar-refractivity contribution in [2.24, 2.45) is 0 Å². The Balaban J connectivity index is 0.00000200. The first-order valence-corrected chi connectivity index (χ1v) is 8.35. The molecule has 0 spiro atoms. The molecule has 1 aromatic rings. The highest BCUT2D eigenvalue weighted by atomic mass is 35.5. The summed E-state index contributed by atoms with van der Waals surface area (Å²) < 4.78 is 27.0. The smallest absolute Gasteiger partial charge is 0.243 e. The third-order valence-electron chi connectivity index (χ3n) is 3.31. The molecule has 114 valence electrons. The van der Waals surface area contributed by atoms with Crippen LogP contribution in [0.15, 0.2) is 29.2 Å². The molecule has 1 aliphatic rings. The van der Waals surface area contributed by atoms with Crippen LogP contribution in [0.2, 0.25) is 5.02 Å². The topological polar surface area (TPSA) is 49.4 Å². The van der Waals surface area contributed by atoms with Crippen LogP contribution in [0.25, 0.3) is 0 Å². The Morgan fingerprint density at radius 2 is 2.00 bits per heavy atom. The van der Waals surface area contributed by atoms with E-state index in [1.54, 1.807) is 28.6 Å². The molecule has 1 unspecified atom stereocenters. The van der Waals surface area contributed by atoms with E-state index in [4.69, 9.17) is 11.6 Å². The van der Waals surface area contributed by atoms with E-state index in [2.05, 4.69) is 5.32 Å². The molecular formula is C13H20Cl2N2O2S. The lowest BCUT2D eigenvalue weighted by molar-refractivity contribution is 0.335. The number of hydrogen-bond acceptors (Lipinski definition) is 3. The Kier molecular flexibility index (Phi) is 6.75. The van der Waals surface area contributed by atoms with Crippen LogP contribution in [-0.2, 0) is 10.0 Å². The Morgan fingerprint density at radius 3 is 2.50 bits per heavy atom. The molecule has 2 rings (SSSR count). The number of hydrogen-bond donors (Lipinski definition) is 1. The van der Waals surface area contributed by atoms with Crippen molar-refractivity contribution in [3.05, 3.63) is 29.3 Å². The zero-order valence-corrected chi connectivity index (χ0v) is 13.8. The summed E-state index contributed by atoms with van der Waals surface area (Å²) in [4.78, 5) is 0.317. The van der Waals surface area contributed by atoms with Crippen molar-refractivity contribution in [2.45, 2.75) is 30.7 Å². The van der Waals surface area contributed by atoms with Gasteiger partial charge in [-0.25, -0.2) is 8.42 Å². The molecule has 0 aliphatic carbocycles. The van der Waals surface area contributed by atoms with Gasteiger partial charge in [0.15, 0.2) is 0 Å². The van der Waals surface area contributed by atoms with E-state index in [-0.39, 0.29) is 18.4 Å². The first-order valence-electron chi connectivity index (χ1n) is 6.54. The quantitative estimate of drug-likeness (QED) is 0.897. The standard InChI is InChI=1S/C13H19ClN2O2S.ClH/c1-2-9-16(12-7-8-15-10-12)19(17,18)13-5-3-11(14)4-6-13;/h3-6,12,15H,2,7-10H2,1H3;1H. The summed E-state index contributed by atoms with van der Waals surface area (Å²) in [6.07, 6.45) is 1.68. The van der Waals surface area contributed by atoms with Crippen LogP contribution < -0.4 is 5.32 Å². The summed E-state index contributed by atoms with van der Waals surface area (Å²) in [5, 5.41) is 3.76. The van der Waals surface area contributed by atoms with Gasteiger partial charge < -0.3 is 5.32 Å². The van der Waals surface area contributed by atoms with E-state index in [9.17, 15) is 8.42 Å². The van der Waals surface area contributed by atoms with Gasteiger partial charge in [0.05, 0.1) is 4.90 Å². The zero-order chi connectivity index (χ0) is 13.9. The molecule has 20 heavy (non-hydrogen) atoms. The van der Waals surface area contributed by atoms with E-state index in [0.717, 1.165) is 25.9 Å². The first kappa shape index (κ1) is 17.7. The molecule has 4 nitrogen and oxygen atoms in total. The number of halogens is 2. The van der Waals surface area contributed by atoms with Crippen LogP contribution in [-0.4, -0.2) is 38.4 Å². The molecule has 1 N–H and O–H groups in total. The van der Waals surface area contributed by atoms with Crippen molar-refractivity contribution in [2.75, 3.05) is 19.6 Å². The van der Waals surface area contributed by atoms with E-state index < -0.39 is 10.0 Å². The van der Waals surface area contributed by atoms with Crippen LogP contribution in [0, 0.1) is 0 Å². The fourth-order valence-corrected chi connectivity index (χ4v) is 4.22. The van der Waals surface area contributed by atoms with Crippen LogP contribution >= 0.6 is 24.0 Å². The Hall–Kier alpha value is -0.330. The highest BCUT2D eigenvalue weighted by molar-refractivity contribution is 7.89. The van der Waals surface area contributed by atoms with Crippen LogP contribution in [0.5, 0.6) is 0 Å². The number of sulfonamides is 1. The monoisotopic (exact) mass is 338 g/mol. The van der Waals surface area contributed by atoms with Gasteiger partial charge in [-0.15, -0.1) is 12.4 Å². The lowest BCUT2D eigenvalue weighted by Gasteiger charge is -2.27. The molecular weight excluding hydrogens is 319 g/mol. The Morgan fingerprint density at radius 1 is 1.35 bits per heavy atom. The summed E-state index contributed by atoms with van der Waals surface area (Å²) >= 11 is 5.81. The van der Waals surface area contributed by atoms with Crippen LogP contribution in [0.3, 0.4) is 0 Å². The number of benzene rings is 1. The molecule has 1 saturated heterocycles. The van der Waals surface area contributed by atoms with Crippen LogP contribution in [0.1, 0.15) is 19.8 Å². The third-order valence-corrected chi connectivity index (χ3v) is 5.52. The molecule has 0 saturated carbocycles. The molecule has 1 heterocycles. The van der Waals surface area contributed by atoms with E-state index >= 15 is 0 Å². The molecule has 1 atom stereocenters. The van der Waals surface area contributed by atoms with Crippen molar-refractivity contribution in [1.82, 2.24) is 9.62 Å². The van der Waals surface area contributed by atoms with Crippen molar-refractivity contribution in [3.63, 3.8) is 0 Å². The van der Waals surface area contributed by atoms with E-state index in [1.165, 1.54) is 0 Å². The van der Waals surface area contributed by atoms with Crippen molar-refractivity contribution < 1.29 is 8.42 Å². The van der Waals surface area contributed by atoms with Crippen molar-refractivity contribution in [3.8, 4) is 0 Å². The fourth-order valence-electron chi connectivity index (χ4n) is 2.35. The normalized spacial score (nSPS) is 19.1. The van der Waals surface area contributed by atoms with Gasteiger partial charge in [0.1, 0.15) is 0 Å². The van der Waals surface area contributed by atoms with E-state index in [0.29, 0.717) is 16.5 Å². The molecule has 0 radical (unpaired) electrons. The molecule has 0 aromatic heterocycles. The average Bonchev–Trinajstić information content (AvgIpc) is 2.89. The number of nitrogens with one attached hydrogen (secondary N) is 1. The summed E-state index contributed by atoms with van der Waals surface area (Å²) in [5.41, 5.74) is 0. The summed E-state index contributed by atoms with van der Waals surface area (Å²) in [6, 6.07) is 6.43. The largest absolute Gasteiger partial charge is 0.315 e. The van der Waals surface area contributed by atoms with Gasteiger partial charge in [-0.05, 0) is 43.7 Å². The number of rotatable bonds is 5. The van der Waals surface area contributed by atoms with Gasteiger partial charge in [0, 0.05) is 24.2 Å². The molecule has 0 amide bonds. The highest BCUT2D eigenvalue weighted by Gasteiger charge is 2.32. The number of nitrogens with zero attached hydrogens (tertiary/aromatic N) is 1. The molecule has 0 bridgehead atoms. The minimum absolute atomic E-state index is 0. The molecule has 1 fully saturated rings. The summed E-state index contributed by atoms with van der Waals surface area (Å²) in [6.45, 7) is 4.15. The van der Waals surface area contributed by atoms with Gasteiger partial charge in [-0.3, -0.25) is 0 Å².